The number of rotatable bonds is 4. The van der Waals surface area contributed by atoms with E-state index in [1.807, 2.05) is 0 Å². The van der Waals surface area contributed by atoms with Gasteiger partial charge >= 0.3 is 0 Å². The van der Waals surface area contributed by atoms with E-state index < -0.39 is 0 Å². The lowest BCUT2D eigenvalue weighted by Gasteiger charge is -2.08. The molecule has 5 heteroatoms. The van der Waals surface area contributed by atoms with E-state index in [1.54, 1.807) is 45.8 Å². The van der Waals surface area contributed by atoms with E-state index in [0.717, 1.165) is 16.9 Å². The number of allylic oxidation sites excluding steroid dienone is 1. The molecule has 29 heavy (non-hydrogen) atoms. The van der Waals surface area contributed by atoms with E-state index >= 15 is 0 Å². The third-order valence-corrected chi connectivity index (χ3v) is 9.91. The molecule has 0 saturated heterocycles. The number of benzene rings is 2. The van der Waals surface area contributed by atoms with Crippen molar-refractivity contribution < 1.29 is 4.79 Å². The fraction of sp³-hybridized carbons (Fsp3) is 0.125. The first-order valence-electron chi connectivity index (χ1n) is 9.44. The van der Waals surface area contributed by atoms with Crippen LogP contribution in [0.4, 0.5) is 0 Å². The minimum Gasteiger partial charge on any atom is -0.298 e. The van der Waals surface area contributed by atoms with Gasteiger partial charge in [0.2, 0.25) is 0 Å². The zero-order valence-electron chi connectivity index (χ0n) is 15.4. The molecule has 6 rings (SSSR count). The van der Waals surface area contributed by atoms with Crippen LogP contribution >= 0.6 is 45.8 Å². The van der Waals surface area contributed by atoms with E-state index in [2.05, 4.69) is 59.8 Å². The maximum atomic E-state index is 13.1. The SMILES string of the molecule is C=C(CC(=O)C1Cc2c(ccc3sccc23)S1)c1cc2c(ccc3sccc32)s1. The third kappa shape index (κ3) is 2.91. The molecule has 0 fully saturated rings. The number of carbonyl (C=O) groups excluding carboxylic acids is 1. The van der Waals surface area contributed by atoms with Gasteiger partial charge in [0.05, 0.1) is 5.25 Å². The molecule has 0 bridgehead atoms. The fourth-order valence-electron chi connectivity index (χ4n) is 4.11. The summed E-state index contributed by atoms with van der Waals surface area (Å²) in [4.78, 5) is 15.5. The Morgan fingerprint density at radius 1 is 0.931 bits per heavy atom. The number of thioether (sulfide) groups is 1. The predicted octanol–water partition coefficient (Wildman–Crippen LogP) is 8.02. The highest BCUT2D eigenvalue weighted by Gasteiger charge is 2.30. The standard InChI is InChI=1S/C24H16OS4/c1-13(23-11-16-14-6-8-26-19(14)2-4-21(16)28-23)10-18(25)24-12-17-15-7-9-27-20(15)3-5-22(17)29-24/h2-9,11,24H,1,10,12H2. The van der Waals surface area contributed by atoms with Gasteiger partial charge in [-0.05, 0) is 76.2 Å². The number of fused-ring (bicyclic) bond motifs is 6. The summed E-state index contributed by atoms with van der Waals surface area (Å²) in [5.41, 5.74) is 2.29. The topological polar surface area (TPSA) is 17.1 Å². The van der Waals surface area contributed by atoms with Gasteiger partial charge in [-0.15, -0.1) is 45.8 Å². The predicted molar refractivity (Wildman–Crippen MR) is 131 cm³/mol. The van der Waals surface area contributed by atoms with Crippen LogP contribution in [-0.2, 0) is 11.2 Å². The van der Waals surface area contributed by atoms with Crippen molar-refractivity contribution in [1.29, 1.82) is 0 Å². The van der Waals surface area contributed by atoms with Gasteiger partial charge in [0, 0.05) is 41.1 Å². The number of hydrogen-bond donors (Lipinski definition) is 0. The Morgan fingerprint density at radius 2 is 1.66 bits per heavy atom. The number of carbonyl (C=O) groups is 1. The molecule has 0 saturated carbocycles. The highest BCUT2D eigenvalue weighted by molar-refractivity contribution is 8.01. The highest BCUT2D eigenvalue weighted by atomic mass is 32.2. The van der Waals surface area contributed by atoms with Crippen LogP contribution in [0.1, 0.15) is 16.9 Å². The molecular formula is C24H16OS4. The molecule has 0 radical (unpaired) electrons. The number of Topliss-reactive ketones (excluding diaryl/α,β-unsaturated/α-hetero) is 1. The summed E-state index contributed by atoms with van der Waals surface area (Å²) in [5.74, 6) is 0.290. The molecule has 0 aliphatic carbocycles. The first-order chi connectivity index (χ1) is 14.2. The number of thiophene rings is 3. The van der Waals surface area contributed by atoms with Crippen LogP contribution in [0.25, 0.3) is 35.8 Å². The zero-order valence-corrected chi connectivity index (χ0v) is 18.7. The Hall–Kier alpha value is -1.92. The highest BCUT2D eigenvalue weighted by Crippen LogP contribution is 2.44. The van der Waals surface area contributed by atoms with E-state index in [9.17, 15) is 4.79 Å². The first-order valence-corrected chi connectivity index (χ1v) is 12.9. The van der Waals surface area contributed by atoms with Crippen molar-refractivity contribution >= 4 is 87.4 Å². The lowest BCUT2D eigenvalue weighted by molar-refractivity contribution is -0.117. The Bertz CT molecular complexity index is 1430. The van der Waals surface area contributed by atoms with Crippen molar-refractivity contribution in [1.82, 2.24) is 0 Å². The second-order valence-corrected chi connectivity index (χ2v) is 11.6. The zero-order chi connectivity index (χ0) is 19.5. The average molecular weight is 449 g/mol. The van der Waals surface area contributed by atoms with Crippen LogP contribution in [0.15, 0.2) is 64.7 Å². The molecule has 1 aliphatic rings. The van der Waals surface area contributed by atoms with Gasteiger partial charge in [-0.2, -0.15) is 0 Å². The van der Waals surface area contributed by atoms with Crippen molar-refractivity contribution in [3.8, 4) is 0 Å². The van der Waals surface area contributed by atoms with Crippen LogP contribution in [-0.4, -0.2) is 11.0 Å². The fourth-order valence-corrected chi connectivity index (χ4v) is 8.03. The Morgan fingerprint density at radius 3 is 2.52 bits per heavy atom. The minimum absolute atomic E-state index is 0.00482. The van der Waals surface area contributed by atoms with Gasteiger partial charge in [0.15, 0.2) is 5.78 Å². The molecule has 0 amide bonds. The van der Waals surface area contributed by atoms with E-state index in [0.29, 0.717) is 6.42 Å². The Kier molecular flexibility index (Phi) is 4.20. The van der Waals surface area contributed by atoms with Crippen molar-refractivity contribution in [2.45, 2.75) is 23.0 Å². The average Bonchev–Trinajstić information content (AvgIpc) is 3.50. The summed E-state index contributed by atoms with van der Waals surface area (Å²) in [7, 11) is 0. The van der Waals surface area contributed by atoms with Crippen molar-refractivity contribution in [2.24, 2.45) is 0 Å². The molecule has 0 N–H and O–H groups in total. The van der Waals surface area contributed by atoms with E-state index in [1.165, 1.54) is 40.7 Å². The lowest BCUT2D eigenvalue weighted by atomic mass is 10.0. The quantitative estimate of drug-likeness (QED) is 0.277. The van der Waals surface area contributed by atoms with Gasteiger partial charge in [0.25, 0.3) is 0 Å². The molecule has 2 aromatic carbocycles. The molecule has 1 unspecified atom stereocenters. The summed E-state index contributed by atoms with van der Waals surface area (Å²) < 4.78 is 3.89. The third-order valence-electron chi connectivity index (χ3n) is 5.59. The normalized spacial score (nSPS) is 16.1. The van der Waals surface area contributed by atoms with Crippen LogP contribution in [0, 0.1) is 0 Å². The van der Waals surface area contributed by atoms with Gasteiger partial charge in [-0.3, -0.25) is 4.79 Å². The van der Waals surface area contributed by atoms with Gasteiger partial charge < -0.3 is 0 Å². The van der Waals surface area contributed by atoms with Crippen LogP contribution < -0.4 is 0 Å². The molecule has 1 atom stereocenters. The number of hydrogen-bond acceptors (Lipinski definition) is 5. The molecule has 1 aliphatic heterocycles. The second kappa shape index (κ2) is 6.81. The van der Waals surface area contributed by atoms with Crippen LogP contribution in [0.2, 0.25) is 0 Å². The summed E-state index contributed by atoms with van der Waals surface area (Å²) in [6.45, 7) is 4.27. The van der Waals surface area contributed by atoms with Gasteiger partial charge in [-0.25, -0.2) is 0 Å². The Labute approximate surface area is 184 Å². The van der Waals surface area contributed by atoms with E-state index in [4.69, 9.17) is 0 Å². The molecule has 0 spiro atoms. The van der Waals surface area contributed by atoms with Crippen molar-refractivity contribution in [3.63, 3.8) is 0 Å². The summed E-state index contributed by atoms with van der Waals surface area (Å²) in [5, 5.41) is 8.18. The maximum Gasteiger partial charge on any atom is 0.150 e. The molecule has 142 valence electrons. The summed E-state index contributed by atoms with van der Waals surface area (Å²) in [6, 6.07) is 15.3. The van der Waals surface area contributed by atoms with E-state index in [-0.39, 0.29) is 11.0 Å². The van der Waals surface area contributed by atoms with Gasteiger partial charge in [0.1, 0.15) is 0 Å². The minimum atomic E-state index is 0.00482. The monoisotopic (exact) mass is 448 g/mol. The van der Waals surface area contributed by atoms with Crippen molar-refractivity contribution in [2.75, 3.05) is 0 Å². The van der Waals surface area contributed by atoms with Crippen LogP contribution in [0.5, 0.6) is 0 Å². The molecule has 1 nitrogen and oxygen atoms in total. The Balaban J connectivity index is 1.25. The number of ketones is 1. The molecule has 5 aromatic rings. The molecule has 3 aromatic heterocycles. The lowest BCUT2D eigenvalue weighted by Crippen LogP contribution is -2.16. The largest absolute Gasteiger partial charge is 0.298 e. The van der Waals surface area contributed by atoms with Crippen molar-refractivity contribution in [3.05, 3.63) is 70.2 Å². The summed E-state index contributed by atoms with van der Waals surface area (Å²) in [6.07, 6.45) is 1.26. The maximum absolute atomic E-state index is 13.1. The van der Waals surface area contributed by atoms with Crippen LogP contribution in [0.3, 0.4) is 0 Å². The first kappa shape index (κ1) is 17.9. The van der Waals surface area contributed by atoms with Gasteiger partial charge in [-0.1, -0.05) is 6.58 Å². The molecular weight excluding hydrogens is 433 g/mol. The second-order valence-electron chi connectivity index (χ2n) is 7.35. The summed E-state index contributed by atoms with van der Waals surface area (Å²) >= 11 is 7.01. The molecule has 4 heterocycles. The smallest absolute Gasteiger partial charge is 0.150 e.